The lowest BCUT2D eigenvalue weighted by molar-refractivity contribution is 0.584. The molecule has 1 unspecified atom stereocenters. The summed E-state index contributed by atoms with van der Waals surface area (Å²) in [5, 5.41) is -0.512. The van der Waals surface area contributed by atoms with Crippen LogP contribution in [0, 0.1) is 0 Å². The highest BCUT2D eigenvalue weighted by molar-refractivity contribution is 8.01. The maximum atomic E-state index is 11.9. The molecular weight excluding hydrogens is 300 g/mol. The number of rotatable bonds is 3. The number of nitrogens with zero attached hydrogens (tertiary/aromatic N) is 1. The Labute approximate surface area is 123 Å². The van der Waals surface area contributed by atoms with Gasteiger partial charge in [0.1, 0.15) is 10.4 Å². The van der Waals surface area contributed by atoms with E-state index in [2.05, 4.69) is 0 Å². The topological polar surface area (TPSA) is 63.4 Å². The Morgan fingerprint density at radius 2 is 2.16 bits per heavy atom. The molecule has 1 heterocycles. The molecule has 1 aromatic carbocycles. The van der Waals surface area contributed by atoms with Crippen LogP contribution in [-0.4, -0.2) is 43.1 Å². The van der Waals surface area contributed by atoms with Crippen LogP contribution >= 0.6 is 24.0 Å². The SMILES string of the molecule is CS(=O)(=O)C1CSCCN1c1ccccc1C(N)=S. The maximum absolute atomic E-state index is 11.9. The van der Waals surface area contributed by atoms with E-state index in [1.807, 2.05) is 29.2 Å². The van der Waals surface area contributed by atoms with Crippen LogP contribution < -0.4 is 10.6 Å². The standard InChI is InChI=1S/C12H16N2O2S3/c1-19(15,16)11-8-18-7-6-14(11)10-5-3-2-4-9(10)12(13)17/h2-5,11H,6-8H2,1H3,(H2,13,17). The van der Waals surface area contributed by atoms with Crippen LogP contribution in [0.1, 0.15) is 5.56 Å². The second kappa shape index (κ2) is 5.68. The summed E-state index contributed by atoms with van der Waals surface area (Å²) in [6.07, 6.45) is 1.28. The first kappa shape index (κ1) is 14.6. The molecule has 19 heavy (non-hydrogen) atoms. The number of anilines is 1. The zero-order valence-corrected chi connectivity index (χ0v) is 13.0. The van der Waals surface area contributed by atoms with Crippen molar-refractivity contribution >= 4 is 44.5 Å². The van der Waals surface area contributed by atoms with Crippen LogP contribution in [0.4, 0.5) is 5.69 Å². The molecule has 1 aliphatic rings. The van der Waals surface area contributed by atoms with Gasteiger partial charge in [0.05, 0.1) is 0 Å². The third kappa shape index (κ3) is 3.21. The molecule has 0 saturated carbocycles. The van der Waals surface area contributed by atoms with Gasteiger partial charge in [0.15, 0.2) is 9.84 Å². The number of sulfone groups is 1. The van der Waals surface area contributed by atoms with Gasteiger partial charge in [0.25, 0.3) is 0 Å². The van der Waals surface area contributed by atoms with Gasteiger partial charge >= 0.3 is 0 Å². The fraction of sp³-hybridized carbons (Fsp3) is 0.417. The number of hydrogen-bond donors (Lipinski definition) is 1. The van der Waals surface area contributed by atoms with E-state index >= 15 is 0 Å². The Balaban J connectivity index is 2.46. The number of hydrogen-bond acceptors (Lipinski definition) is 5. The van der Waals surface area contributed by atoms with E-state index in [1.54, 1.807) is 11.8 Å². The van der Waals surface area contributed by atoms with Gasteiger partial charge in [-0.15, -0.1) is 0 Å². The molecule has 2 rings (SSSR count). The molecule has 4 nitrogen and oxygen atoms in total. The summed E-state index contributed by atoms with van der Waals surface area (Å²) >= 11 is 6.71. The number of nitrogens with two attached hydrogens (primary N) is 1. The third-order valence-corrected chi connectivity index (χ3v) is 5.92. The molecule has 1 aliphatic heterocycles. The lowest BCUT2D eigenvalue weighted by Crippen LogP contribution is -2.47. The molecule has 2 N–H and O–H groups in total. The van der Waals surface area contributed by atoms with Crippen LogP contribution in [0.2, 0.25) is 0 Å². The van der Waals surface area contributed by atoms with Gasteiger partial charge in [-0.3, -0.25) is 0 Å². The van der Waals surface area contributed by atoms with Gasteiger partial charge in [-0.25, -0.2) is 8.42 Å². The molecule has 1 aromatic rings. The minimum Gasteiger partial charge on any atom is -0.389 e. The molecule has 1 atom stereocenters. The average molecular weight is 316 g/mol. The zero-order chi connectivity index (χ0) is 14.0. The van der Waals surface area contributed by atoms with E-state index in [0.29, 0.717) is 17.3 Å². The van der Waals surface area contributed by atoms with Crippen molar-refractivity contribution in [3.63, 3.8) is 0 Å². The smallest absolute Gasteiger partial charge is 0.169 e. The first-order valence-electron chi connectivity index (χ1n) is 5.83. The van der Waals surface area contributed by atoms with Gasteiger partial charge in [-0.2, -0.15) is 11.8 Å². The lowest BCUT2D eigenvalue weighted by Gasteiger charge is -2.36. The fourth-order valence-corrected chi connectivity index (χ4v) is 5.15. The molecule has 0 spiro atoms. The summed E-state index contributed by atoms with van der Waals surface area (Å²) in [5.41, 5.74) is 7.27. The summed E-state index contributed by atoms with van der Waals surface area (Å²) < 4.78 is 23.9. The summed E-state index contributed by atoms with van der Waals surface area (Å²) in [7, 11) is -3.14. The number of para-hydroxylation sites is 1. The van der Waals surface area contributed by atoms with Crippen molar-refractivity contribution in [1.29, 1.82) is 0 Å². The Morgan fingerprint density at radius 1 is 1.47 bits per heavy atom. The molecule has 7 heteroatoms. The first-order valence-corrected chi connectivity index (χ1v) is 9.35. The van der Waals surface area contributed by atoms with Crippen molar-refractivity contribution in [2.24, 2.45) is 5.73 Å². The maximum Gasteiger partial charge on any atom is 0.169 e. The van der Waals surface area contributed by atoms with Gasteiger partial charge < -0.3 is 10.6 Å². The van der Waals surface area contributed by atoms with Crippen molar-refractivity contribution < 1.29 is 8.42 Å². The van der Waals surface area contributed by atoms with Gasteiger partial charge in [-0.1, -0.05) is 24.4 Å². The van der Waals surface area contributed by atoms with E-state index in [9.17, 15) is 8.42 Å². The highest BCUT2D eigenvalue weighted by atomic mass is 32.2. The highest BCUT2D eigenvalue weighted by Gasteiger charge is 2.32. The monoisotopic (exact) mass is 316 g/mol. The molecule has 0 bridgehead atoms. The molecule has 0 aliphatic carbocycles. The Morgan fingerprint density at radius 3 is 2.79 bits per heavy atom. The number of thiocarbonyl (C=S) groups is 1. The second-order valence-electron chi connectivity index (χ2n) is 4.43. The van der Waals surface area contributed by atoms with Gasteiger partial charge in [-0.05, 0) is 12.1 Å². The zero-order valence-electron chi connectivity index (χ0n) is 10.6. The first-order chi connectivity index (χ1) is 8.91. The van der Waals surface area contributed by atoms with Crippen LogP contribution in [0.3, 0.4) is 0 Å². The van der Waals surface area contributed by atoms with Crippen molar-refractivity contribution in [2.75, 3.05) is 29.2 Å². The van der Waals surface area contributed by atoms with E-state index < -0.39 is 15.2 Å². The van der Waals surface area contributed by atoms with Crippen LogP contribution in [0.25, 0.3) is 0 Å². The molecule has 1 fully saturated rings. The molecule has 104 valence electrons. The van der Waals surface area contributed by atoms with Gasteiger partial charge in [0.2, 0.25) is 0 Å². The summed E-state index contributed by atoms with van der Waals surface area (Å²) in [6, 6.07) is 7.44. The molecule has 1 saturated heterocycles. The number of benzene rings is 1. The molecule has 0 aromatic heterocycles. The average Bonchev–Trinajstić information content (AvgIpc) is 2.37. The van der Waals surface area contributed by atoms with E-state index in [0.717, 1.165) is 17.0 Å². The predicted molar refractivity (Wildman–Crippen MR) is 85.6 cm³/mol. The quantitative estimate of drug-likeness (QED) is 0.847. The largest absolute Gasteiger partial charge is 0.389 e. The molecular formula is C12H16N2O2S3. The summed E-state index contributed by atoms with van der Waals surface area (Å²) in [5.74, 6) is 1.47. The Hall–Kier alpha value is -0.790. The summed E-state index contributed by atoms with van der Waals surface area (Å²) in [6.45, 7) is 0.683. The fourth-order valence-electron chi connectivity index (χ4n) is 2.14. The van der Waals surface area contributed by atoms with E-state index in [4.69, 9.17) is 18.0 Å². The molecule has 0 radical (unpaired) electrons. The van der Waals surface area contributed by atoms with Crippen LogP contribution in [0.5, 0.6) is 0 Å². The normalized spacial score (nSPS) is 20.3. The number of thioether (sulfide) groups is 1. The molecule has 0 amide bonds. The van der Waals surface area contributed by atoms with Crippen LogP contribution in [0.15, 0.2) is 24.3 Å². The van der Waals surface area contributed by atoms with E-state index in [1.165, 1.54) is 6.26 Å². The third-order valence-electron chi connectivity index (χ3n) is 3.06. The minimum absolute atomic E-state index is 0.293. The Bertz CT molecular complexity index is 586. The van der Waals surface area contributed by atoms with Crippen molar-refractivity contribution in [1.82, 2.24) is 0 Å². The van der Waals surface area contributed by atoms with Crippen molar-refractivity contribution in [3.05, 3.63) is 29.8 Å². The predicted octanol–water partition coefficient (Wildman–Crippen LogP) is 1.24. The van der Waals surface area contributed by atoms with E-state index in [-0.39, 0.29) is 0 Å². The summed E-state index contributed by atoms with van der Waals surface area (Å²) in [4.78, 5) is 2.20. The highest BCUT2D eigenvalue weighted by Crippen LogP contribution is 2.29. The van der Waals surface area contributed by atoms with Crippen molar-refractivity contribution in [3.8, 4) is 0 Å². The van der Waals surface area contributed by atoms with Crippen LogP contribution in [-0.2, 0) is 9.84 Å². The van der Waals surface area contributed by atoms with Crippen molar-refractivity contribution in [2.45, 2.75) is 5.37 Å². The second-order valence-corrected chi connectivity index (χ2v) is 8.23. The van der Waals surface area contributed by atoms with Gasteiger partial charge in [0, 0.05) is 35.6 Å². The minimum atomic E-state index is -3.14. The lowest BCUT2D eigenvalue weighted by atomic mass is 10.1. The Kier molecular flexibility index (Phi) is 4.37.